The Kier molecular flexibility index (Phi) is 1.97. The fraction of sp³-hybridized carbons (Fsp3) is 0. The highest BCUT2D eigenvalue weighted by atomic mass is 35.5. The molecule has 0 atom stereocenters. The Labute approximate surface area is 61.6 Å². The minimum absolute atomic E-state index is 0.329. The molecular weight excluding hydrogens is 157 g/mol. The zero-order chi connectivity index (χ0) is 7.56. The van der Waals surface area contributed by atoms with E-state index < -0.39 is 11.1 Å². The van der Waals surface area contributed by atoms with Crippen molar-refractivity contribution >= 4 is 16.8 Å². The molecule has 1 aromatic rings. The van der Waals surface area contributed by atoms with E-state index in [4.69, 9.17) is 11.6 Å². The summed E-state index contributed by atoms with van der Waals surface area (Å²) in [6, 6.07) is 2.52. The van der Waals surface area contributed by atoms with E-state index in [1.165, 1.54) is 12.3 Å². The van der Waals surface area contributed by atoms with E-state index in [-0.39, 0.29) is 5.69 Å². The summed E-state index contributed by atoms with van der Waals surface area (Å²) in [6.07, 6.45) is 1.30. The van der Waals surface area contributed by atoms with Crippen molar-refractivity contribution in [3.05, 3.63) is 29.8 Å². The van der Waals surface area contributed by atoms with Gasteiger partial charge in [-0.1, -0.05) is 0 Å². The van der Waals surface area contributed by atoms with Gasteiger partial charge in [0.05, 0.1) is 0 Å². The van der Waals surface area contributed by atoms with Crippen LogP contribution >= 0.6 is 11.6 Å². The second-order valence-corrected chi connectivity index (χ2v) is 1.95. The molecule has 0 radical (unpaired) electrons. The van der Waals surface area contributed by atoms with E-state index in [1.54, 1.807) is 0 Å². The minimum Gasteiger partial charge on any atom is -0.274 e. The van der Waals surface area contributed by atoms with Gasteiger partial charge in [0.1, 0.15) is 0 Å². The van der Waals surface area contributed by atoms with Crippen LogP contribution in [0.2, 0.25) is 0 Å². The molecule has 10 heavy (non-hydrogen) atoms. The molecule has 0 bridgehead atoms. The Morgan fingerprint density at radius 3 is 2.80 bits per heavy atom. The molecule has 0 fully saturated rings. The van der Waals surface area contributed by atoms with Crippen molar-refractivity contribution in [3.8, 4) is 0 Å². The Morgan fingerprint density at radius 1 is 1.70 bits per heavy atom. The van der Waals surface area contributed by atoms with Crippen LogP contribution in [0.25, 0.3) is 0 Å². The van der Waals surface area contributed by atoms with E-state index in [0.717, 1.165) is 6.07 Å². The molecule has 1 rings (SSSR count). The van der Waals surface area contributed by atoms with Crippen molar-refractivity contribution in [2.45, 2.75) is 0 Å². The normalized spacial score (nSPS) is 9.40. The molecule has 1 heterocycles. The van der Waals surface area contributed by atoms with Crippen LogP contribution in [-0.2, 0) is 0 Å². The first kappa shape index (κ1) is 7.15. The summed E-state index contributed by atoms with van der Waals surface area (Å²) in [5, 5.41) is -0.877. The molecule has 0 amide bonds. The first-order chi connectivity index (χ1) is 4.72. The van der Waals surface area contributed by atoms with Gasteiger partial charge in [0.2, 0.25) is 0 Å². The van der Waals surface area contributed by atoms with Crippen LogP contribution in [0.5, 0.6) is 0 Å². The summed E-state index contributed by atoms with van der Waals surface area (Å²) in [5.41, 5.74) is -0.329. The van der Waals surface area contributed by atoms with Gasteiger partial charge in [-0.15, -0.1) is 0 Å². The van der Waals surface area contributed by atoms with Crippen molar-refractivity contribution in [2.24, 2.45) is 0 Å². The van der Waals surface area contributed by atoms with Gasteiger partial charge in [-0.2, -0.15) is 0 Å². The van der Waals surface area contributed by atoms with Crippen molar-refractivity contribution in [1.82, 2.24) is 4.98 Å². The maximum atomic E-state index is 12.5. The lowest BCUT2D eigenvalue weighted by molar-refractivity contribution is 0.107. The van der Waals surface area contributed by atoms with Crippen LogP contribution in [0.3, 0.4) is 0 Å². The lowest BCUT2D eigenvalue weighted by Crippen LogP contribution is -1.96. The molecule has 1 aromatic heterocycles. The maximum absolute atomic E-state index is 12.5. The second-order valence-electron chi connectivity index (χ2n) is 1.61. The zero-order valence-electron chi connectivity index (χ0n) is 4.84. The quantitative estimate of drug-likeness (QED) is 0.583. The number of pyridine rings is 1. The molecule has 0 saturated carbocycles. The predicted molar refractivity (Wildman–Crippen MR) is 34.4 cm³/mol. The molecular formula is C6H3ClFNO. The number of carbonyl (C=O) groups excluding carboxylic acids is 1. The van der Waals surface area contributed by atoms with Crippen LogP contribution in [0.15, 0.2) is 18.3 Å². The molecule has 0 aromatic carbocycles. The molecule has 0 spiro atoms. The topological polar surface area (TPSA) is 30.0 Å². The number of carbonyl (C=O) groups is 1. The maximum Gasteiger partial charge on any atom is 0.273 e. The summed E-state index contributed by atoms with van der Waals surface area (Å²) in [5.74, 6) is -0.692. The number of aromatic nitrogens is 1. The van der Waals surface area contributed by atoms with Gasteiger partial charge >= 0.3 is 0 Å². The molecule has 2 nitrogen and oxygen atoms in total. The highest BCUT2D eigenvalue weighted by molar-refractivity contribution is 6.67. The molecule has 0 N–H and O–H groups in total. The van der Waals surface area contributed by atoms with Crippen LogP contribution in [0, 0.1) is 5.82 Å². The van der Waals surface area contributed by atoms with Gasteiger partial charge in [0.25, 0.3) is 5.24 Å². The summed E-state index contributed by atoms with van der Waals surface area (Å²) in [4.78, 5) is 13.8. The largest absolute Gasteiger partial charge is 0.274 e. The first-order valence-corrected chi connectivity index (χ1v) is 2.90. The van der Waals surface area contributed by atoms with E-state index in [9.17, 15) is 9.18 Å². The molecule has 0 saturated heterocycles. The first-order valence-electron chi connectivity index (χ1n) is 2.52. The third-order valence-electron chi connectivity index (χ3n) is 0.945. The standard InChI is InChI=1S/C6H3ClFNO/c7-6(10)5-4(8)2-1-3-9-5/h1-3H. The smallest absolute Gasteiger partial charge is 0.273 e. The molecule has 4 heteroatoms. The minimum atomic E-state index is -0.877. The molecule has 0 aliphatic heterocycles. The molecule has 0 aliphatic rings. The average Bonchev–Trinajstić information content (AvgIpc) is 1.88. The molecule has 0 aliphatic carbocycles. The summed E-state index contributed by atoms with van der Waals surface area (Å²) >= 11 is 4.97. The van der Waals surface area contributed by atoms with Crippen LogP contribution in [0.4, 0.5) is 4.39 Å². The summed E-state index contributed by atoms with van der Waals surface area (Å²) < 4.78 is 12.5. The number of rotatable bonds is 1. The van der Waals surface area contributed by atoms with Crippen molar-refractivity contribution < 1.29 is 9.18 Å². The number of halogens is 2. The SMILES string of the molecule is O=C(Cl)c1ncccc1F. The molecule has 0 unspecified atom stereocenters. The van der Waals surface area contributed by atoms with E-state index in [0.29, 0.717) is 0 Å². The second kappa shape index (κ2) is 2.75. The van der Waals surface area contributed by atoms with Crippen LogP contribution in [0.1, 0.15) is 10.5 Å². The van der Waals surface area contributed by atoms with E-state index in [1.807, 2.05) is 0 Å². The monoisotopic (exact) mass is 159 g/mol. The predicted octanol–water partition coefficient (Wildman–Crippen LogP) is 1.60. The Balaban J connectivity index is 3.15. The summed E-state index contributed by atoms with van der Waals surface area (Å²) in [6.45, 7) is 0. The Morgan fingerprint density at radius 2 is 2.40 bits per heavy atom. The highest BCUT2D eigenvalue weighted by Crippen LogP contribution is 2.04. The van der Waals surface area contributed by atoms with Crippen molar-refractivity contribution in [3.63, 3.8) is 0 Å². The third kappa shape index (κ3) is 1.30. The fourth-order valence-corrected chi connectivity index (χ4v) is 0.669. The number of nitrogens with zero attached hydrogens (tertiary/aromatic N) is 1. The van der Waals surface area contributed by atoms with Gasteiger partial charge in [-0.05, 0) is 23.7 Å². The Bertz CT molecular complexity index is 264. The number of hydrogen-bond donors (Lipinski definition) is 0. The lowest BCUT2D eigenvalue weighted by Gasteiger charge is -1.91. The van der Waals surface area contributed by atoms with Gasteiger partial charge in [0.15, 0.2) is 11.5 Å². The number of hydrogen-bond acceptors (Lipinski definition) is 2. The van der Waals surface area contributed by atoms with Crippen LogP contribution in [-0.4, -0.2) is 10.2 Å². The van der Waals surface area contributed by atoms with Gasteiger partial charge in [-0.3, -0.25) is 4.79 Å². The highest BCUT2D eigenvalue weighted by Gasteiger charge is 2.07. The lowest BCUT2D eigenvalue weighted by atomic mass is 10.4. The van der Waals surface area contributed by atoms with Gasteiger partial charge in [0, 0.05) is 6.20 Å². The fourth-order valence-electron chi connectivity index (χ4n) is 0.530. The Hall–Kier alpha value is -0.960. The molecule has 52 valence electrons. The zero-order valence-corrected chi connectivity index (χ0v) is 5.60. The third-order valence-corrected chi connectivity index (χ3v) is 1.12. The average molecular weight is 160 g/mol. The van der Waals surface area contributed by atoms with E-state index >= 15 is 0 Å². The van der Waals surface area contributed by atoms with Crippen molar-refractivity contribution in [2.75, 3.05) is 0 Å². The van der Waals surface area contributed by atoms with Gasteiger partial charge < -0.3 is 0 Å². The van der Waals surface area contributed by atoms with Crippen molar-refractivity contribution in [1.29, 1.82) is 0 Å². The van der Waals surface area contributed by atoms with Crippen LogP contribution < -0.4 is 0 Å². The summed E-state index contributed by atoms with van der Waals surface area (Å²) in [7, 11) is 0. The van der Waals surface area contributed by atoms with E-state index in [2.05, 4.69) is 4.98 Å². The van der Waals surface area contributed by atoms with Gasteiger partial charge in [-0.25, -0.2) is 9.37 Å².